The Hall–Kier alpha value is -2.88. The lowest BCUT2D eigenvalue weighted by Crippen LogP contribution is -2.49. The Morgan fingerprint density at radius 1 is 1.21 bits per heavy atom. The molecule has 0 unspecified atom stereocenters. The fourth-order valence-electron chi connectivity index (χ4n) is 3.50. The van der Waals surface area contributed by atoms with E-state index < -0.39 is 22.7 Å². The molecule has 1 fully saturated rings. The number of nitrogens with zero attached hydrogens (tertiary/aromatic N) is 5. The molecular formula is C19H23F2N5O3. The third kappa shape index (κ3) is 4.58. The van der Waals surface area contributed by atoms with Crippen LogP contribution in [0.4, 0.5) is 14.5 Å². The summed E-state index contributed by atoms with van der Waals surface area (Å²) in [4.78, 5) is 26.7. The van der Waals surface area contributed by atoms with Crippen LogP contribution in [0.2, 0.25) is 0 Å². The predicted molar refractivity (Wildman–Crippen MR) is 102 cm³/mol. The molecule has 2 heterocycles. The number of amides is 1. The van der Waals surface area contributed by atoms with Gasteiger partial charge in [0.15, 0.2) is 0 Å². The number of hydrogen-bond acceptors (Lipinski definition) is 5. The molecular weight excluding hydrogens is 384 g/mol. The molecule has 1 saturated heterocycles. The number of alkyl halides is 2. The van der Waals surface area contributed by atoms with Gasteiger partial charge in [0.25, 0.3) is 6.43 Å². The molecule has 0 N–H and O–H groups in total. The van der Waals surface area contributed by atoms with Gasteiger partial charge in [-0.3, -0.25) is 24.5 Å². The first-order chi connectivity index (χ1) is 13.8. The monoisotopic (exact) mass is 407 g/mol. The van der Waals surface area contributed by atoms with Crippen LogP contribution in [0.5, 0.6) is 0 Å². The number of carbonyl (C=O) groups is 1. The quantitative estimate of drug-likeness (QED) is 0.543. The number of nitro groups is 1. The number of hydrogen-bond donors (Lipinski definition) is 0. The summed E-state index contributed by atoms with van der Waals surface area (Å²) in [6.45, 7) is 6.30. The fraction of sp³-hybridized carbons (Fsp3) is 0.474. The Balaban J connectivity index is 1.61. The van der Waals surface area contributed by atoms with E-state index in [4.69, 9.17) is 0 Å². The van der Waals surface area contributed by atoms with Crippen molar-refractivity contribution in [2.45, 2.75) is 33.4 Å². The predicted octanol–water partition coefficient (Wildman–Crippen LogP) is 2.69. The molecule has 0 aliphatic carbocycles. The third-order valence-corrected chi connectivity index (χ3v) is 5.26. The van der Waals surface area contributed by atoms with Crippen molar-refractivity contribution in [2.75, 3.05) is 26.2 Å². The van der Waals surface area contributed by atoms with Gasteiger partial charge in [0, 0.05) is 32.7 Å². The molecule has 0 saturated carbocycles. The van der Waals surface area contributed by atoms with E-state index >= 15 is 0 Å². The van der Waals surface area contributed by atoms with Crippen molar-refractivity contribution >= 4 is 11.6 Å². The minimum atomic E-state index is -3.07. The first-order valence-electron chi connectivity index (χ1n) is 9.32. The maximum atomic E-state index is 13.0. The van der Waals surface area contributed by atoms with Crippen molar-refractivity contribution in [1.29, 1.82) is 0 Å². The van der Waals surface area contributed by atoms with E-state index in [0.717, 1.165) is 11.2 Å². The van der Waals surface area contributed by atoms with Crippen LogP contribution in [-0.2, 0) is 17.9 Å². The average Bonchev–Trinajstić information content (AvgIpc) is 3.01. The van der Waals surface area contributed by atoms with E-state index in [1.807, 2.05) is 12.1 Å². The van der Waals surface area contributed by atoms with Crippen LogP contribution in [0.25, 0.3) is 0 Å². The van der Waals surface area contributed by atoms with Crippen molar-refractivity contribution in [2.24, 2.45) is 0 Å². The van der Waals surface area contributed by atoms with Crippen LogP contribution in [0, 0.1) is 24.0 Å². The SMILES string of the molecule is Cc1ccccc1CN1CCN(C(=O)Cn2nc(C(F)F)c([N+](=O)[O-])c2C)CC1. The second-order valence-electron chi connectivity index (χ2n) is 7.12. The lowest BCUT2D eigenvalue weighted by molar-refractivity contribution is -0.386. The summed E-state index contributed by atoms with van der Waals surface area (Å²) in [5, 5.41) is 14.7. The molecule has 3 rings (SSSR count). The van der Waals surface area contributed by atoms with E-state index in [-0.39, 0.29) is 18.1 Å². The smallest absolute Gasteiger partial charge is 0.319 e. The molecule has 1 amide bonds. The van der Waals surface area contributed by atoms with E-state index in [1.165, 1.54) is 18.1 Å². The summed E-state index contributed by atoms with van der Waals surface area (Å²) in [5.74, 6) is -0.290. The van der Waals surface area contributed by atoms with Crippen LogP contribution < -0.4 is 0 Å². The van der Waals surface area contributed by atoms with E-state index in [1.54, 1.807) is 4.90 Å². The third-order valence-electron chi connectivity index (χ3n) is 5.26. The maximum absolute atomic E-state index is 13.0. The molecule has 2 aromatic rings. The molecule has 0 radical (unpaired) electrons. The maximum Gasteiger partial charge on any atom is 0.319 e. The van der Waals surface area contributed by atoms with Crippen LogP contribution in [0.1, 0.15) is 28.9 Å². The lowest BCUT2D eigenvalue weighted by atomic mass is 10.1. The van der Waals surface area contributed by atoms with Crippen molar-refractivity contribution < 1.29 is 18.5 Å². The Bertz CT molecular complexity index is 907. The molecule has 1 aromatic heterocycles. The van der Waals surface area contributed by atoms with Gasteiger partial charge in [0.1, 0.15) is 12.2 Å². The highest BCUT2D eigenvalue weighted by Crippen LogP contribution is 2.30. The highest BCUT2D eigenvalue weighted by Gasteiger charge is 2.32. The Morgan fingerprint density at radius 3 is 2.41 bits per heavy atom. The van der Waals surface area contributed by atoms with Gasteiger partial charge in [0.05, 0.1) is 4.92 Å². The van der Waals surface area contributed by atoms with Crippen LogP contribution >= 0.6 is 0 Å². The summed E-state index contributed by atoms with van der Waals surface area (Å²) in [5.41, 5.74) is 0.791. The number of aryl methyl sites for hydroxylation is 1. The first-order valence-corrected chi connectivity index (χ1v) is 9.32. The summed E-state index contributed by atoms with van der Waals surface area (Å²) >= 11 is 0. The topological polar surface area (TPSA) is 84.5 Å². The average molecular weight is 407 g/mol. The summed E-state index contributed by atoms with van der Waals surface area (Å²) in [7, 11) is 0. The Labute approximate surface area is 166 Å². The van der Waals surface area contributed by atoms with Crippen molar-refractivity contribution in [3.63, 3.8) is 0 Å². The minimum absolute atomic E-state index is 0.0446. The Kier molecular flexibility index (Phi) is 6.21. The number of piperazine rings is 1. The number of rotatable bonds is 6. The molecule has 1 aliphatic heterocycles. The second-order valence-corrected chi connectivity index (χ2v) is 7.12. The summed E-state index contributed by atoms with van der Waals surface area (Å²) in [6.07, 6.45) is -3.07. The molecule has 8 nitrogen and oxygen atoms in total. The zero-order chi connectivity index (χ0) is 21.1. The summed E-state index contributed by atoms with van der Waals surface area (Å²) < 4.78 is 27.1. The minimum Gasteiger partial charge on any atom is -0.339 e. The number of carbonyl (C=O) groups excluding carboxylic acids is 1. The van der Waals surface area contributed by atoms with Gasteiger partial charge in [-0.25, -0.2) is 8.78 Å². The standard InChI is InChI=1S/C19H23F2N5O3/c1-13-5-3-4-6-15(13)11-23-7-9-24(10-8-23)16(27)12-25-14(2)18(26(28)29)17(22-25)19(20)21/h3-6,19H,7-12H2,1-2H3. The van der Waals surface area contributed by atoms with Gasteiger partial charge < -0.3 is 4.90 Å². The largest absolute Gasteiger partial charge is 0.339 e. The number of halogens is 2. The van der Waals surface area contributed by atoms with Gasteiger partial charge in [-0.15, -0.1) is 0 Å². The zero-order valence-electron chi connectivity index (χ0n) is 16.3. The normalized spacial score (nSPS) is 15.1. The molecule has 10 heteroatoms. The van der Waals surface area contributed by atoms with E-state index in [0.29, 0.717) is 26.2 Å². The molecule has 1 aromatic carbocycles. The molecule has 29 heavy (non-hydrogen) atoms. The van der Waals surface area contributed by atoms with Crippen molar-refractivity contribution in [3.8, 4) is 0 Å². The zero-order valence-corrected chi connectivity index (χ0v) is 16.3. The summed E-state index contributed by atoms with van der Waals surface area (Å²) in [6, 6.07) is 8.15. The number of aromatic nitrogens is 2. The van der Waals surface area contributed by atoms with Gasteiger partial charge in [-0.1, -0.05) is 24.3 Å². The lowest BCUT2D eigenvalue weighted by Gasteiger charge is -2.35. The van der Waals surface area contributed by atoms with E-state index in [2.05, 4.69) is 29.1 Å². The first kappa shape index (κ1) is 20.8. The van der Waals surface area contributed by atoms with Crippen molar-refractivity contribution in [1.82, 2.24) is 19.6 Å². The van der Waals surface area contributed by atoms with Crippen LogP contribution in [0.3, 0.4) is 0 Å². The number of benzene rings is 1. The van der Waals surface area contributed by atoms with Crippen molar-refractivity contribution in [3.05, 3.63) is 56.9 Å². The molecule has 1 aliphatic rings. The van der Waals surface area contributed by atoms with Gasteiger partial charge in [-0.2, -0.15) is 5.10 Å². The second kappa shape index (κ2) is 8.64. The Morgan fingerprint density at radius 2 is 1.86 bits per heavy atom. The highest BCUT2D eigenvalue weighted by molar-refractivity contribution is 5.76. The molecule has 0 spiro atoms. The van der Waals surface area contributed by atoms with Gasteiger partial charge in [-0.05, 0) is 25.0 Å². The van der Waals surface area contributed by atoms with Gasteiger partial charge >= 0.3 is 5.69 Å². The van der Waals surface area contributed by atoms with Gasteiger partial charge in [0.2, 0.25) is 11.6 Å². The molecule has 0 atom stereocenters. The fourth-order valence-corrected chi connectivity index (χ4v) is 3.50. The highest BCUT2D eigenvalue weighted by atomic mass is 19.3. The molecule has 156 valence electrons. The van der Waals surface area contributed by atoms with Crippen LogP contribution in [-0.4, -0.2) is 56.6 Å². The molecule has 0 bridgehead atoms. The van der Waals surface area contributed by atoms with E-state index in [9.17, 15) is 23.7 Å². The van der Waals surface area contributed by atoms with Crippen LogP contribution in [0.15, 0.2) is 24.3 Å².